The van der Waals surface area contributed by atoms with Crippen molar-refractivity contribution in [1.29, 1.82) is 0 Å². The normalized spacial score (nSPS) is 26.7. The van der Waals surface area contributed by atoms with Crippen LogP contribution in [0.25, 0.3) is 0 Å². The molecule has 1 aromatic carbocycles. The molecule has 2 heterocycles. The molecule has 3 aliphatic rings. The number of benzene rings is 1. The van der Waals surface area contributed by atoms with Crippen LogP contribution in [0.15, 0.2) is 24.3 Å². The van der Waals surface area contributed by atoms with Gasteiger partial charge in [0.1, 0.15) is 0 Å². The lowest BCUT2D eigenvalue weighted by atomic mass is 9.93. The number of amides is 1. The van der Waals surface area contributed by atoms with Crippen LogP contribution in [-0.4, -0.2) is 60.0 Å². The predicted octanol–water partition coefficient (Wildman–Crippen LogP) is 3.30. The first-order valence-corrected chi connectivity index (χ1v) is 10.5. The SMILES string of the molecule is C[C@H](C(=O)N1c2ccccc2C[C@H]1C)N1CCN(C2CCCCC2)CC1. The van der Waals surface area contributed by atoms with E-state index in [-0.39, 0.29) is 18.0 Å². The Kier molecular flexibility index (Phi) is 5.32. The van der Waals surface area contributed by atoms with Crippen LogP contribution in [0.4, 0.5) is 5.69 Å². The summed E-state index contributed by atoms with van der Waals surface area (Å²) in [6.45, 7) is 8.56. The van der Waals surface area contributed by atoms with Crippen molar-refractivity contribution in [2.45, 2.75) is 70.5 Å². The third kappa shape index (κ3) is 3.41. The summed E-state index contributed by atoms with van der Waals surface area (Å²) in [5.74, 6) is 0.272. The van der Waals surface area contributed by atoms with Crippen molar-refractivity contribution in [2.75, 3.05) is 31.1 Å². The predicted molar refractivity (Wildman–Crippen MR) is 107 cm³/mol. The number of piperazine rings is 1. The van der Waals surface area contributed by atoms with Crippen molar-refractivity contribution >= 4 is 11.6 Å². The molecule has 0 bridgehead atoms. The van der Waals surface area contributed by atoms with Crippen LogP contribution in [0.5, 0.6) is 0 Å². The number of hydrogen-bond acceptors (Lipinski definition) is 3. The van der Waals surface area contributed by atoms with Gasteiger partial charge in [0.2, 0.25) is 5.91 Å². The minimum absolute atomic E-state index is 0.0305. The fourth-order valence-electron chi connectivity index (χ4n) is 5.19. The van der Waals surface area contributed by atoms with E-state index < -0.39 is 0 Å². The second kappa shape index (κ2) is 7.69. The Balaban J connectivity index is 1.37. The molecule has 1 aliphatic carbocycles. The third-order valence-corrected chi connectivity index (χ3v) is 6.79. The van der Waals surface area contributed by atoms with Crippen molar-refractivity contribution < 1.29 is 4.79 Å². The lowest BCUT2D eigenvalue weighted by Gasteiger charge is -2.43. The molecular formula is C22H33N3O. The Morgan fingerprint density at radius 2 is 1.73 bits per heavy atom. The van der Waals surface area contributed by atoms with Gasteiger partial charge in [-0.05, 0) is 44.7 Å². The van der Waals surface area contributed by atoms with E-state index in [1.54, 1.807) is 0 Å². The molecule has 0 spiro atoms. The minimum Gasteiger partial charge on any atom is -0.308 e. The van der Waals surface area contributed by atoms with Crippen molar-refractivity contribution in [3.8, 4) is 0 Å². The molecule has 1 amide bonds. The van der Waals surface area contributed by atoms with E-state index in [1.165, 1.54) is 37.7 Å². The number of carbonyl (C=O) groups is 1. The molecule has 142 valence electrons. The van der Waals surface area contributed by atoms with Gasteiger partial charge in [0.25, 0.3) is 0 Å². The maximum absolute atomic E-state index is 13.3. The number of rotatable bonds is 3. The Bertz CT molecular complexity index is 632. The second-order valence-corrected chi connectivity index (χ2v) is 8.43. The highest BCUT2D eigenvalue weighted by atomic mass is 16.2. The summed E-state index contributed by atoms with van der Waals surface area (Å²) < 4.78 is 0. The molecule has 0 radical (unpaired) electrons. The maximum atomic E-state index is 13.3. The van der Waals surface area contributed by atoms with E-state index in [4.69, 9.17) is 0 Å². The molecule has 0 unspecified atom stereocenters. The van der Waals surface area contributed by atoms with Crippen molar-refractivity contribution in [3.63, 3.8) is 0 Å². The number of para-hydroxylation sites is 1. The van der Waals surface area contributed by atoms with Gasteiger partial charge in [0.05, 0.1) is 6.04 Å². The highest BCUT2D eigenvalue weighted by molar-refractivity contribution is 5.99. The van der Waals surface area contributed by atoms with E-state index in [1.807, 2.05) is 11.0 Å². The van der Waals surface area contributed by atoms with Gasteiger partial charge in [-0.25, -0.2) is 0 Å². The van der Waals surface area contributed by atoms with Crippen LogP contribution in [0.1, 0.15) is 51.5 Å². The Hall–Kier alpha value is -1.39. The second-order valence-electron chi connectivity index (χ2n) is 8.43. The Labute approximate surface area is 158 Å². The fourth-order valence-corrected chi connectivity index (χ4v) is 5.19. The summed E-state index contributed by atoms with van der Waals surface area (Å²) in [4.78, 5) is 20.4. The monoisotopic (exact) mass is 355 g/mol. The fraction of sp³-hybridized carbons (Fsp3) is 0.682. The standard InChI is InChI=1S/C22H33N3O/c1-17-16-19-8-6-7-11-21(19)25(17)22(26)18(2)23-12-14-24(15-13-23)20-9-4-3-5-10-20/h6-8,11,17-18,20H,3-5,9-10,12-16H2,1-2H3/t17-,18-/m1/s1. The molecule has 1 saturated heterocycles. The van der Waals surface area contributed by atoms with E-state index in [2.05, 4.69) is 41.8 Å². The number of nitrogens with zero attached hydrogens (tertiary/aromatic N) is 3. The van der Waals surface area contributed by atoms with Gasteiger partial charge in [-0.15, -0.1) is 0 Å². The Morgan fingerprint density at radius 3 is 2.46 bits per heavy atom. The first-order valence-electron chi connectivity index (χ1n) is 10.5. The summed E-state index contributed by atoms with van der Waals surface area (Å²) in [5.41, 5.74) is 2.43. The summed E-state index contributed by atoms with van der Waals surface area (Å²) >= 11 is 0. The van der Waals surface area contributed by atoms with Gasteiger partial charge in [-0.1, -0.05) is 37.5 Å². The summed E-state index contributed by atoms with van der Waals surface area (Å²) in [5, 5.41) is 0. The van der Waals surface area contributed by atoms with Crippen LogP contribution in [-0.2, 0) is 11.2 Å². The summed E-state index contributed by atoms with van der Waals surface area (Å²) in [6.07, 6.45) is 7.92. The molecule has 0 aromatic heterocycles. The molecule has 4 heteroatoms. The summed E-state index contributed by atoms with van der Waals surface area (Å²) in [6, 6.07) is 9.42. The summed E-state index contributed by atoms with van der Waals surface area (Å²) in [7, 11) is 0. The molecule has 1 saturated carbocycles. The molecule has 4 nitrogen and oxygen atoms in total. The first-order chi connectivity index (χ1) is 12.6. The zero-order valence-corrected chi connectivity index (χ0v) is 16.4. The lowest BCUT2D eigenvalue weighted by Crippen LogP contribution is -2.57. The quantitative estimate of drug-likeness (QED) is 0.832. The number of anilines is 1. The molecule has 2 atom stereocenters. The highest BCUT2D eigenvalue weighted by Crippen LogP contribution is 2.33. The van der Waals surface area contributed by atoms with Crippen LogP contribution in [0.3, 0.4) is 0 Å². The van der Waals surface area contributed by atoms with Crippen LogP contribution in [0, 0.1) is 0 Å². The molecule has 2 aliphatic heterocycles. The largest absolute Gasteiger partial charge is 0.308 e. The van der Waals surface area contributed by atoms with Gasteiger partial charge in [0.15, 0.2) is 0 Å². The van der Waals surface area contributed by atoms with Gasteiger partial charge in [0, 0.05) is 44.0 Å². The topological polar surface area (TPSA) is 26.8 Å². The Morgan fingerprint density at radius 1 is 1.04 bits per heavy atom. The van der Waals surface area contributed by atoms with Crippen LogP contribution >= 0.6 is 0 Å². The van der Waals surface area contributed by atoms with Crippen LogP contribution < -0.4 is 4.90 Å². The third-order valence-electron chi connectivity index (χ3n) is 6.79. The maximum Gasteiger partial charge on any atom is 0.244 e. The van der Waals surface area contributed by atoms with Crippen molar-refractivity contribution in [1.82, 2.24) is 9.80 Å². The van der Waals surface area contributed by atoms with Gasteiger partial charge in [-0.2, -0.15) is 0 Å². The lowest BCUT2D eigenvalue weighted by molar-refractivity contribution is -0.124. The molecule has 26 heavy (non-hydrogen) atoms. The molecule has 0 N–H and O–H groups in total. The zero-order valence-electron chi connectivity index (χ0n) is 16.4. The van der Waals surface area contributed by atoms with Crippen molar-refractivity contribution in [2.24, 2.45) is 0 Å². The molecular weight excluding hydrogens is 322 g/mol. The smallest absolute Gasteiger partial charge is 0.244 e. The number of fused-ring (bicyclic) bond motifs is 1. The van der Waals surface area contributed by atoms with E-state index in [0.29, 0.717) is 0 Å². The highest BCUT2D eigenvalue weighted by Gasteiger charge is 2.36. The van der Waals surface area contributed by atoms with Gasteiger partial charge >= 0.3 is 0 Å². The zero-order chi connectivity index (χ0) is 18.1. The van der Waals surface area contributed by atoms with Crippen LogP contribution in [0.2, 0.25) is 0 Å². The van der Waals surface area contributed by atoms with Gasteiger partial charge < -0.3 is 4.90 Å². The van der Waals surface area contributed by atoms with E-state index >= 15 is 0 Å². The van der Waals surface area contributed by atoms with E-state index in [0.717, 1.165) is 44.3 Å². The average Bonchev–Trinajstić information content (AvgIpc) is 3.03. The first kappa shape index (κ1) is 18.0. The minimum atomic E-state index is -0.0305. The van der Waals surface area contributed by atoms with E-state index in [9.17, 15) is 4.79 Å². The average molecular weight is 356 g/mol. The molecule has 2 fully saturated rings. The molecule has 4 rings (SSSR count). The number of hydrogen-bond donors (Lipinski definition) is 0. The van der Waals surface area contributed by atoms with Crippen molar-refractivity contribution in [3.05, 3.63) is 29.8 Å². The molecule has 1 aromatic rings. The number of carbonyl (C=O) groups excluding carboxylic acids is 1. The van der Waals surface area contributed by atoms with Gasteiger partial charge in [-0.3, -0.25) is 14.6 Å².